The highest BCUT2D eigenvalue weighted by Crippen LogP contribution is 2.18. The van der Waals surface area contributed by atoms with E-state index < -0.39 is 10.3 Å². The molecule has 20 heavy (non-hydrogen) atoms. The number of para-hydroxylation sites is 1. The van der Waals surface area contributed by atoms with Gasteiger partial charge < -0.3 is 5.53 Å². The lowest BCUT2D eigenvalue weighted by Crippen LogP contribution is -2.15. The van der Waals surface area contributed by atoms with Gasteiger partial charge in [-0.15, -0.1) is 0 Å². The zero-order valence-electron chi connectivity index (χ0n) is 10.7. The van der Waals surface area contributed by atoms with Crippen molar-refractivity contribution in [1.82, 2.24) is 0 Å². The Balaban J connectivity index is 2.33. The van der Waals surface area contributed by atoms with Gasteiger partial charge >= 0.3 is 0 Å². The third-order valence-corrected chi connectivity index (χ3v) is 3.36. The van der Waals surface area contributed by atoms with Crippen molar-refractivity contribution >= 4 is 32.8 Å². The lowest BCUT2D eigenvalue weighted by Gasteiger charge is -2.09. The molecule has 0 heterocycles. The molecule has 0 spiro atoms. The molecule has 0 fully saturated rings. The molecule has 0 N–H and O–H groups in total. The Labute approximate surface area is 118 Å². The second kappa shape index (κ2) is 6.75. The van der Waals surface area contributed by atoms with Crippen molar-refractivity contribution in [2.24, 2.45) is 4.99 Å². The predicted molar refractivity (Wildman–Crippen MR) is 79.1 cm³/mol. The summed E-state index contributed by atoms with van der Waals surface area (Å²) in [4.78, 5) is 7.72. The van der Waals surface area contributed by atoms with Crippen LogP contribution in [0.25, 0.3) is 5.53 Å². The summed E-state index contributed by atoms with van der Waals surface area (Å²) < 4.78 is 21.2. The van der Waals surface area contributed by atoms with Crippen LogP contribution in [-0.2, 0) is 10.3 Å². The fraction of sp³-hybridized carbons (Fsp3) is 0.214. The van der Waals surface area contributed by atoms with Gasteiger partial charge in [0.2, 0.25) is 10.3 Å². The highest BCUT2D eigenvalue weighted by atomic mass is 32.2. The van der Waals surface area contributed by atoms with Crippen LogP contribution in [0.5, 0.6) is 0 Å². The Hall–Kier alpha value is -2.30. The highest BCUT2D eigenvalue weighted by Gasteiger charge is 2.21. The molecule has 6 heteroatoms. The Kier molecular flexibility index (Phi) is 4.76. The largest absolute Gasteiger partial charge is 0.361 e. The molecule has 0 unspecified atom stereocenters. The van der Waals surface area contributed by atoms with Gasteiger partial charge in [-0.05, 0) is 18.2 Å². The molecular weight excluding hydrogens is 274 g/mol. The quantitative estimate of drug-likeness (QED) is 0.485. The van der Waals surface area contributed by atoms with Gasteiger partial charge in [0, 0.05) is 29.5 Å². The smallest absolute Gasteiger partial charge is 0.295 e. The average Bonchev–Trinajstić information content (AvgIpc) is 2.46. The minimum absolute atomic E-state index is 0.212. The lowest BCUT2D eigenvalue weighted by molar-refractivity contribution is -0.00739. The highest BCUT2D eigenvalue weighted by molar-refractivity contribution is 7.71. The third-order valence-electron chi connectivity index (χ3n) is 2.92. The van der Waals surface area contributed by atoms with Crippen LogP contribution in [0.15, 0.2) is 47.0 Å². The molecule has 0 aromatic heterocycles. The molecule has 5 nitrogen and oxygen atoms in total. The van der Waals surface area contributed by atoms with Crippen molar-refractivity contribution in [3.63, 3.8) is 0 Å². The fourth-order valence-electron chi connectivity index (χ4n) is 1.97. The summed E-state index contributed by atoms with van der Waals surface area (Å²) in [5, 5.41) is 1.14. The van der Waals surface area contributed by atoms with Gasteiger partial charge in [-0.2, -0.15) is 13.2 Å². The Morgan fingerprint density at radius 1 is 1.25 bits per heavy atom. The minimum Gasteiger partial charge on any atom is -0.361 e. The second-order valence-corrected chi connectivity index (χ2v) is 5.14. The molecule has 2 rings (SSSR count). The van der Waals surface area contributed by atoms with E-state index in [4.69, 9.17) is 5.53 Å². The third kappa shape index (κ3) is 3.85. The van der Waals surface area contributed by atoms with Gasteiger partial charge in [-0.3, -0.25) is 4.99 Å². The van der Waals surface area contributed by atoms with E-state index >= 15 is 0 Å². The summed E-state index contributed by atoms with van der Waals surface area (Å²) in [5.41, 5.74) is 11.8. The number of rotatable bonds is 3. The molecule has 0 amide bonds. The van der Waals surface area contributed by atoms with Crippen molar-refractivity contribution in [1.29, 1.82) is 0 Å². The molecule has 0 bridgehead atoms. The molecule has 102 valence electrons. The molecule has 0 atom stereocenters. The normalized spacial score (nSPS) is 16.5. The summed E-state index contributed by atoms with van der Waals surface area (Å²) in [5.74, 6) is 0. The van der Waals surface area contributed by atoms with Crippen molar-refractivity contribution in [2.45, 2.75) is 19.3 Å². The Morgan fingerprint density at radius 2 is 2.00 bits per heavy atom. The molecule has 0 saturated carbocycles. The summed E-state index contributed by atoms with van der Waals surface area (Å²) in [7, 11) is -2.23. The van der Waals surface area contributed by atoms with E-state index in [1.54, 1.807) is 6.08 Å². The van der Waals surface area contributed by atoms with Crippen LogP contribution in [0.3, 0.4) is 0 Å². The van der Waals surface area contributed by atoms with Crippen LogP contribution in [0.1, 0.15) is 19.3 Å². The van der Waals surface area contributed by atoms with Crippen molar-refractivity contribution in [3.05, 3.63) is 47.5 Å². The molecular formula is C14H13N3O2S. The van der Waals surface area contributed by atoms with E-state index in [1.165, 1.54) is 0 Å². The lowest BCUT2D eigenvalue weighted by atomic mass is 9.94. The van der Waals surface area contributed by atoms with Gasteiger partial charge in [-0.1, -0.05) is 18.2 Å². The zero-order chi connectivity index (χ0) is 14.4. The number of allylic oxidation sites excluding steroid dienone is 2. The SMILES string of the molecule is [N-]=[N+]=C1CCC(=Nc2ccccc2)C=C1CC=S(=O)=O. The topological polar surface area (TPSA) is 82.9 Å². The van der Waals surface area contributed by atoms with Gasteiger partial charge in [0.1, 0.15) is 0 Å². The molecule has 0 radical (unpaired) electrons. The molecule has 0 saturated heterocycles. The first-order valence-corrected chi connectivity index (χ1v) is 7.28. The van der Waals surface area contributed by atoms with Crippen LogP contribution in [0, 0.1) is 0 Å². The summed E-state index contributed by atoms with van der Waals surface area (Å²) in [6, 6.07) is 9.52. The maximum atomic E-state index is 10.6. The van der Waals surface area contributed by atoms with Crippen molar-refractivity contribution < 1.29 is 13.2 Å². The standard InChI is InChI=1S/C14H13N3O2S/c15-17-14-7-6-13(10-11(14)8-9-20(18)19)16-12-4-2-1-3-5-12/h1-5,9-10H,6-8H2. The van der Waals surface area contributed by atoms with Crippen LogP contribution < -0.4 is 0 Å². The van der Waals surface area contributed by atoms with Crippen LogP contribution in [0.4, 0.5) is 5.69 Å². The summed E-state index contributed by atoms with van der Waals surface area (Å²) >= 11 is 0. The van der Waals surface area contributed by atoms with Gasteiger partial charge in [-0.25, -0.2) is 0 Å². The molecule has 1 aromatic carbocycles. The van der Waals surface area contributed by atoms with E-state index in [0.29, 0.717) is 24.1 Å². The number of hydrogen-bond donors (Lipinski definition) is 0. The van der Waals surface area contributed by atoms with E-state index in [2.05, 4.69) is 9.78 Å². The first-order valence-electron chi connectivity index (χ1n) is 6.15. The maximum Gasteiger partial charge on any atom is 0.295 e. The maximum absolute atomic E-state index is 10.6. The van der Waals surface area contributed by atoms with Crippen LogP contribution in [-0.4, -0.2) is 30.0 Å². The van der Waals surface area contributed by atoms with Gasteiger partial charge in [0.15, 0.2) is 0 Å². The summed E-state index contributed by atoms with van der Waals surface area (Å²) in [6.45, 7) is 0. The van der Waals surface area contributed by atoms with E-state index in [-0.39, 0.29) is 6.42 Å². The fourth-order valence-corrected chi connectivity index (χ4v) is 2.28. The average molecular weight is 287 g/mol. The monoisotopic (exact) mass is 287 g/mol. The second-order valence-electron chi connectivity index (χ2n) is 4.29. The Bertz CT molecular complexity index is 732. The summed E-state index contributed by atoms with van der Waals surface area (Å²) in [6.07, 6.45) is 3.21. The van der Waals surface area contributed by atoms with Gasteiger partial charge in [0.25, 0.3) is 5.71 Å². The first kappa shape index (κ1) is 14.1. The Morgan fingerprint density at radius 3 is 2.65 bits per heavy atom. The number of benzene rings is 1. The number of nitrogens with zero attached hydrogens (tertiary/aromatic N) is 3. The molecule has 1 aliphatic rings. The van der Waals surface area contributed by atoms with E-state index in [0.717, 1.165) is 16.8 Å². The van der Waals surface area contributed by atoms with Crippen molar-refractivity contribution in [3.8, 4) is 0 Å². The minimum atomic E-state index is -2.23. The van der Waals surface area contributed by atoms with Crippen LogP contribution >= 0.6 is 0 Å². The predicted octanol–water partition coefficient (Wildman–Crippen LogP) is 2.22. The number of aliphatic imine (C=N–C) groups is 1. The zero-order valence-corrected chi connectivity index (χ0v) is 11.5. The number of hydrogen-bond acceptors (Lipinski definition) is 3. The van der Waals surface area contributed by atoms with Gasteiger partial charge in [0.05, 0.1) is 12.1 Å². The van der Waals surface area contributed by atoms with E-state index in [9.17, 15) is 8.42 Å². The molecule has 1 aromatic rings. The van der Waals surface area contributed by atoms with E-state index in [1.807, 2.05) is 30.3 Å². The van der Waals surface area contributed by atoms with Crippen molar-refractivity contribution in [2.75, 3.05) is 0 Å². The molecule has 0 aliphatic heterocycles. The van der Waals surface area contributed by atoms with Crippen LogP contribution in [0.2, 0.25) is 0 Å². The first-order chi connectivity index (χ1) is 9.69. The molecule has 1 aliphatic carbocycles.